The van der Waals surface area contributed by atoms with Gasteiger partial charge >= 0.3 is 0 Å². The number of aliphatic hydroxyl groups excluding tert-OH is 1. The Bertz CT molecular complexity index is 1560. The Hall–Kier alpha value is -2.54. The highest BCUT2D eigenvalue weighted by Crippen LogP contribution is 2.46. The minimum absolute atomic E-state index is 0.0487. The molecule has 2 aliphatic rings. The fourth-order valence-corrected chi connectivity index (χ4v) is 7.49. The van der Waals surface area contributed by atoms with Gasteiger partial charge in [0.05, 0.1) is 11.7 Å². The van der Waals surface area contributed by atoms with Crippen molar-refractivity contribution in [1.29, 1.82) is 0 Å². The summed E-state index contributed by atoms with van der Waals surface area (Å²) in [5, 5.41) is 15.9. The van der Waals surface area contributed by atoms with Crippen molar-refractivity contribution in [2.75, 3.05) is 18.6 Å². The number of hydrogen-bond donors (Lipinski definition) is 2. The molecule has 1 aliphatic heterocycles. The molecule has 12 heteroatoms. The molecule has 0 radical (unpaired) electrons. The summed E-state index contributed by atoms with van der Waals surface area (Å²) >= 11 is 1.07. The first-order valence-corrected chi connectivity index (χ1v) is 15.8. The first kappa shape index (κ1) is 27.5. The Morgan fingerprint density at radius 1 is 1.22 bits per heavy atom. The van der Waals surface area contributed by atoms with Crippen LogP contribution in [0.15, 0.2) is 44.5 Å². The number of carbonyl (C=O) groups is 1. The number of fused-ring (bicyclic) bond motifs is 2. The average molecular weight is 566 g/mol. The molecule has 2 aromatic rings. The molecule has 1 aliphatic carbocycles. The molecule has 0 spiro atoms. The molecule has 0 fully saturated rings. The van der Waals surface area contributed by atoms with E-state index in [1.54, 1.807) is 17.5 Å². The third kappa shape index (κ3) is 4.99. The molecule has 37 heavy (non-hydrogen) atoms. The van der Waals surface area contributed by atoms with Crippen LogP contribution in [0.25, 0.3) is 5.76 Å². The van der Waals surface area contributed by atoms with E-state index >= 15 is 0 Å². The van der Waals surface area contributed by atoms with E-state index < -0.39 is 31.2 Å². The molecule has 4 rings (SSSR count). The third-order valence-corrected chi connectivity index (χ3v) is 10.6. The molecule has 0 unspecified atom stereocenters. The van der Waals surface area contributed by atoms with Crippen LogP contribution >= 0.6 is 11.3 Å². The SMILES string of the molecule is CN(Cc1csc2c1S(=O)(=O)N=C(C1=C(O)c3ccccc3[C@](C)(CCC(C)(C)C)C1=O)N2)S(C)(=O)=O. The molecular formula is C25H31N3O6S3. The van der Waals surface area contributed by atoms with E-state index in [4.69, 9.17) is 0 Å². The first-order valence-electron chi connectivity index (χ1n) is 11.7. The number of thiophene rings is 1. The quantitative estimate of drug-likeness (QED) is 0.534. The van der Waals surface area contributed by atoms with Crippen LogP contribution in [0.4, 0.5) is 5.00 Å². The molecule has 0 saturated carbocycles. The van der Waals surface area contributed by atoms with E-state index in [0.717, 1.165) is 28.3 Å². The van der Waals surface area contributed by atoms with Gasteiger partial charge in [-0.1, -0.05) is 45.0 Å². The largest absolute Gasteiger partial charge is 0.506 e. The van der Waals surface area contributed by atoms with Gasteiger partial charge < -0.3 is 10.4 Å². The van der Waals surface area contributed by atoms with Crippen molar-refractivity contribution in [2.24, 2.45) is 9.81 Å². The Kier molecular flexibility index (Phi) is 6.72. The molecule has 1 atom stereocenters. The van der Waals surface area contributed by atoms with Crippen molar-refractivity contribution in [3.05, 3.63) is 51.9 Å². The zero-order valence-electron chi connectivity index (χ0n) is 21.6. The molecule has 9 nitrogen and oxygen atoms in total. The molecule has 1 aromatic carbocycles. The molecular weight excluding hydrogens is 534 g/mol. The Balaban J connectivity index is 1.81. The van der Waals surface area contributed by atoms with Crippen molar-refractivity contribution in [2.45, 2.75) is 57.4 Å². The second-order valence-corrected chi connectivity index (χ2v) is 15.5. The van der Waals surface area contributed by atoms with Crippen molar-refractivity contribution < 1.29 is 26.7 Å². The number of nitrogens with zero attached hydrogens (tertiary/aromatic N) is 2. The van der Waals surface area contributed by atoms with Gasteiger partial charge in [0.25, 0.3) is 10.0 Å². The Morgan fingerprint density at radius 3 is 2.49 bits per heavy atom. The van der Waals surface area contributed by atoms with Gasteiger partial charge in [-0.2, -0.15) is 8.42 Å². The summed E-state index contributed by atoms with van der Waals surface area (Å²) in [6, 6.07) is 7.09. The van der Waals surface area contributed by atoms with Gasteiger partial charge in [0, 0.05) is 24.7 Å². The highest BCUT2D eigenvalue weighted by molar-refractivity contribution is 7.91. The van der Waals surface area contributed by atoms with Crippen LogP contribution < -0.4 is 5.32 Å². The lowest BCUT2D eigenvalue weighted by Gasteiger charge is -2.37. The number of hydrogen-bond acceptors (Lipinski definition) is 8. The third-order valence-electron chi connectivity index (χ3n) is 6.83. The van der Waals surface area contributed by atoms with Crippen LogP contribution in [0.1, 0.15) is 57.2 Å². The second-order valence-electron chi connectivity index (χ2n) is 11.0. The summed E-state index contributed by atoms with van der Waals surface area (Å²) in [6.45, 7) is 7.92. The lowest BCUT2D eigenvalue weighted by molar-refractivity contribution is -0.120. The number of Topliss-reactive ketones (excluding diaryl/α,β-unsaturated/α-hetero) is 1. The predicted octanol–water partition coefficient (Wildman–Crippen LogP) is 4.29. The number of carbonyl (C=O) groups excluding carboxylic acids is 1. The standard InChI is InChI=1S/C25H31N3O6S3/c1-24(2,3)11-12-25(4)17-10-8-7-9-16(17)19(29)18(21(25)30)22-26-23-20(37(33,34)27-22)15(14-35-23)13-28(5)36(6,31)32/h7-10,14,29H,11-13H2,1-6H3,(H,26,27)/t25-/m0/s1. The second kappa shape index (κ2) is 9.04. The van der Waals surface area contributed by atoms with Gasteiger partial charge in [-0.05, 0) is 36.1 Å². The minimum atomic E-state index is -4.30. The van der Waals surface area contributed by atoms with E-state index in [0.29, 0.717) is 17.5 Å². The van der Waals surface area contributed by atoms with Gasteiger partial charge in [0.1, 0.15) is 21.2 Å². The summed E-state index contributed by atoms with van der Waals surface area (Å²) in [4.78, 5) is 13.9. The normalized spacial score (nSPS) is 21.4. The van der Waals surface area contributed by atoms with E-state index in [9.17, 15) is 26.7 Å². The van der Waals surface area contributed by atoms with Crippen LogP contribution in [-0.4, -0.2) is 51.2 Å². The maximum Gasteiger partial charge on any atom is 0.287 e. The number of amidine groups is 1. The van der Waals surface area contributed by atoms with Gasteiger partial charge in [0.2, 0.25) is 10.0 Å². The number of nitrogens with one attached hydrogen (secondary N) is 1. The number of benzene rings is 1. The van der Waals surface area contributed by atoms with Gasteiger partial charge in [0.15, 0.2) is 11.6 Å². The lowest BCUT2D eigenvalue weighted by atomic mass is 9.65. The number of rotatable bonds is 6. The highest BCUT2D eigenvalue weighted by atomic mass is 32.2. The summed E-state index contributed by atoms with van der Waals surface area (Å²) in [5.41, 5.74) is 0.200. The van der Waals surface area contributed by atoms with Crippen LogP contribution in [0.5, 0.6) is 0 Å². The minimum Gasteiger partial charge on any atom is -0.506 e. The topological polar surface area (TPSA) is 133 Å². The van der Waals surface area contributed by atoms with Crippen LogP contribution in [-0.2, 0) is 36.8 Å². The molecule has 1 aromatic heterocycles. The molecule has 0 amide bonds. The lowest BCUT2D eigenvalue weighted by Crippen LogP contribution is -2.42. The van der Waals surface area contributed by atoms with Crippen LogP contribution in [0.2, 0.25) is 0 Å². The molecule has 2 N–H and O–H groups in total. The van der Waals surface area contributed by atoms with E-state index in [1.165, 1.54) is 7.05 Å². The number of anilines is 1. The average Bonchev–Trinajstić information content (AvgIpc) is 3.19. The summed E-state index contributed by atoms with van der Waals surface area (Å²) in [6.07, 6.45) is 2.25. The molecule has 200 valence electrons. The van der Waals surface area contributed by atoms with E-state index in [-0.39, 0.29) is 44.6 Å². The van der Waals surface area contributed by atoms with E-state index in [2.05, 4.69) is 30.5 Å². The maximum absolute atomic E-state index is 14.0. The molecule has 2 heterocycles. The van der Waals surface area contributed by atoms with Gasteiger partial charge in [-0.15, -0.1) is 15.7 Å². The van der Waals surface area contributed by atoms with E-state index in [1.807, 2.05) is 19.1 Å². The fraction of sp³-hybridized carbons (Fsp3) is 0.440. The maximum atomic E-state index is 14.0. The first-order chi connectivity index (χ1) is 17.0. The summed E-state index contributed by atoms with van der Waals surface area (Å²) in [7, 11) is -6.48. The monoisotopic (exact) mass is 565 g/mol. The Labute approximate surface area is 222 Å². The van der Waals surface area contributed by atoms with Crippen molar-refractivity contribution in [3.8, 4) is 0 Å². The van der Waals surface area contributed by atoms with Crippen molar-refractivity contribution >= 4 is 53.8 Å². The summed E-state index contributed by atoms with van der Waals surface area (Å²) < 4.78 is 55.3. The fourth-order valence-electron chi connectivity index (χ4n) is 4.53. The van der Waals surface area contributed by atoms with Crippen LogP contribution in [0.3, 0.4) is 0 Å². The van der Waals surface area contributed by atoms with Crippen LogP contribution in [0, 0.1) is 5.41 Å². The number of ketones is 1. The zero-order valence-corrected chi connectivity index (χ0v) is 24.1. The predicted molar refractivity (Wildman–Crippen MR) is 146 cm³/mol. The van der Waals surface area contributed by atoms with Crippen molar-refractivity contribution in [3.63, 3.8) is 0 Å². The van der Waals surface area contributed by atoms with Crippen molar-refractivity contribution in [1.82, 2.24) is 4.31 Å². The Morgan fingerprint density at radius 2 is 1.86 bits per heavy atom. The number of sulfonamides is 2. The smallest absolute Gasteiger partial charge is 0.287 e. The molecule has 0 saturated heterocycles. The summed E-state index contributed by atoms with van der Waals surface area (Å²) in [5.74, 6) is -0.977. The van der Waals surface area contributed by atoms with Gasteiger partial charge in [-0.3, -0.25) is 4.79 Å². The van der Waals surface area contributed by atoms with Gasteiger partial charge in [-0.25, -0.2) is 12.7 Å². The molecule has 0 bridgehead atoms. The number of aliphatic hydroxyl groups is 1. The highest BCUT2D eigenvalue weighted by Gasteiger charge is 2.47. The zero-order chi connectivity index (χ0) is 27.6.